The van der Waals surface area contributed by atoms with Crippen molar-refractivity contribution in [2.75, 3.05) is 0 Å². The molecule has 3 heteroatoms. The molecule has 0 amide bonds. The first-order valence-corrected chi connectivity index (χ1v) is 23.2. The van der Waals surface area contributed by atoms with Crippen LogP contribution in [0.5, 0.6) is 0 Å². The number of hydrogen-bond acceptors (Lipinski definition) is 3. The standard InChI is InChI=1S/C65H42N2O/c1-5-18-43(19-6-1)49-37-50(47-32-34-59-56(40-47)54-28-13-15-30-58(54)65(59,52-24-9-3-10-25-52)53-26-11-4-12-27-53)39-51(38-49)61-42-60(66-64(67-61)44-20-7-2-8-21-44)48-23-17-22-45(36-48)46-33-35-63-57(41-46)55-29-14-16-31-62(55)68-63/h1-42H. The molecule has 2 heterocycles. The van der Waals surface area contributed by atoms with Crippen LogP contribution in [0.4, 0.5) is 0 Å². The molecular formula is C65H42N2O. The van der Waals surface area contributed by atoms with Gasteiger partial charge in [-0.1, -0.05) is 200 Å². The maximum atomic E-state index is 6.18. The minimum atomic E-state index is -0.465. The maximum absolute atomic E-state index is 6.18. The molecule has 1 aliphatic rings. The minimum Gasteiger partial charge on any atom is -0.456 e. The van der Waals surface area contributed by atoms with E-state index < -0.39 is 5.41 Å². The van der Waals surface area contributed by atoms with E-state index in [1.165, 1.54) is 33.4 Å². The van der Waals surface area contributed by atoms with Crippen molar-refractivity contribution in [1.29, 1.82) is 0 Å². The van der Waals surface area contributed by atoms with Crippen molar-refractivity contribution in [1.82, 2.24) is 9.97 Å². The fraction of sp³-hybridized carbons (Fsp3) is 0.0154. The quantitative estimate of drug-likeness (QED) is 0.153. The van der Waals surface area contributed by atoms with E-state index in [0.717, 1.165) is 83.4 Å². The van der Waals surface area contributed by atoms with Gasteiger partial charge in [0.05, 0.1) is 16.8 Å². The molecule has 2 aromatic heterocycles. The number of para-hydroxylation sites is 1. The summed E-state index contributed by atoms with van der Waals surface area (Å²) in [7, 11) is 0. The van der Waals surface area contributed by atoms with Gasteiger partial charge in [0.25, 0.3) is 0 Å². The number of aromatic nitrogens is 2. The van der Waals surface area contributed by atoms with Gasteiger partial charge in [-0.3, -0.25) is 0 Å². The number of nitrogens with zero attached hydrogens (tertiary/aromatic N) is 2. The average molecular weight is 867 g/mol. The van der Waals surface area contributed by atoms with Crippen molar-refractivity contribution in [2.45, 2.75) is 5.41 Å². The number of furan rings is 1. The van der Waals surface area contributed by atoms with E-state index in [1.54, 1.807) is 0 Å². The molecule has 68 heavy (non-hydrogen) atoms. The van der Waals surface area contributed by atoms with Crippen LogP contribution in [0.15, 0.2) is 259 Å². The fourth-order valence-electron chi connectivity index (χ4n) is 10.6. The highest BCUT2D eigenvalue weighted by Gasteiger charge is 2.46. The highest BCUT2D eigenvalue weighted by Crippen LogP contribution is 2.56. The Morgan fingerprint density at radius 1 is 0.279 bits per heavy atom. The van der Waals surface area contributed by atoms with Crippen molar-refractivity contribution < 1.29 is 4.42 Å². The van der Waals surface area contributed by atoms with Crippen LogP contribution in [0.3, 0.4) is 0 Å². The van der Waals surface area contributed by atoms with Gasteiger partial charge in [-0.2, -0.15) is 0 Å². The third-order valence-corrected chi connectivity index (χ3v) is 13.8. The molecule has 318 valence electrons. The molecule has 0 spiro atoms. The zero-order valence-corrected chi connectivity index (χ0v) is 37.1. The van der Waals surface area contributed by atoms with Crippen molar-refractivity contribution in [3.63, 3.8) is 0 Å². The van der Waals surface area contributed by atoms with E-state index in [1.807, 2.05) is 30.3 Å². The van der Waals surface area contributed by atoms with Crippen molar-refractivity contribution >= 4 is 21.9 Å². The van der Waals surface area contributed by atoms with Gasteiger partial charge in [0.2, 0.25) is 0 Å². The van der Waals surface area contributed by atoms with Gasteiger partial charge in [-0.15, -0.1) is 0 Å². The Morgan fingerprint density at radius 2 is 0.779 bits per heavy atom. The molecule has 10 aromatic carbocycles. The SMILES string of the molecule is c1ccc(-c2cc(-c3ccc4c(c3)-c3ccccc3C4(c3ccccc3)c3ccccc3)cc(-c3cc(-c4cccc(-c5ccc6oc7ccccc7c6c5)c4)nc(-c4ccccc4)n3)c2)cc1. The smallest absolute Gasteiger partial charge is 0.160 e. The van der Waals surface area contributed by atoms with Gasteiger partial charge in [0, 0.05) is 27.5 Å². The molecule has 13 rings (SSSR count). The van der Waals surface area contributed by atoms with Gasteiger partial charge in [0.15, 0.2) is 5.82 Å². The topological polar surface area (TPSA) is 38.9 Å². The first-order valence-electron chi connectivity index (χ1n) is 23.2. The molecule has 0 N–H and O–H groups in total. The largest absolute Gasteiger partial charge is 0.456 e. The van der Waals surface area contributed by atoms with E-state index in [9.17, 15) is 0 Å². The molecule has 0 bridgehead atoms. The van der Waals surface area contributed by atoms with Crippen LogP contribution in [-0.2, 0) is 5.41 Å². The number of fused-ring (bicyclic) bond motifs is 6. The Morgan fingerprint density at radius 3 is 1.53 bits per heavy atom. The summed E-state index contributed by atoms with van der Waals surface area (Å²) in [5.74, 6) is 0.675. The zero-order valence-electron chi connectivity index (χ0n) is 37.1. The number of benzene rings is 10. The van der Waals surface area contributed by atoms with Gasteiger partial charge in [0.1, 0.15) is 11.2 Å². The predicted octanol–water partition coefficient (Wildman–Crippen LogP) is 16.7. The third kappa shape index (κ3) is 6.59. The van der Waals surface area contributed by atoms with Gasteiger partial charge in [-0.05, 0) is 121 Å². The number of hydrogen-bond donors (Lipinski definition) is 0. The molecule has 0 fully saturated rings. The van der Waals surface area contributed by atoms with Crippen molar-refractivity contribution in [3.8, 4) is 78.4 Å². The fourth-order valence-corrected chi connectivity index (χ4v) is 10.6. The van der Waals surface area contributed by atoms with E-state index in [-0.39, 0.29) is 0 Å². The van der Waals surface area contributed by atoms with Gasteiger partial charge < -0.3 is 4.42 Å². The lowest BCUT2D eigenvalue weighted by Crippen LogP contribution is -2.28. The summed E-state index contributed by atoms with van der Waals surface area (Å²) in [6, 6.07) is 91.4. The summed E-state index contributed by atoms with van der Waals surface area (Å²) < 4.78 is 6.18. The molecular weight excluding hydrogens is 825 g/mol. The van der Waals surface area contributed by atoms with Gasteiger partial charge >= 0.3 is 0 Å². The van der Waals surface area contributed by atoms with Crippen LogP contribution in [0, 0.1) is 0 Å². The number of rotatable bonds is 8. The Bertz CT molecular complexity index is 3800. The molecule has 0 radical (unpaired) electrons. The maximum Gasteiger partial charge on any atom is 0.160 e. The van der Waals surface area contributed by atoms with Crippen LogP contribution in [0.1, 0.15) is 22.3 Å². The monoisotopic (exact) mass is 866 g/mol. The molecule has 0 atom stereocenters. The molecule has 1 aliphatic carbocycles. The molecule has 0 saturated carbocycles. The third-order valence-electron chi connectivity index (χ3n) is 13.8. The Balaban J connectivity index is 0.981. The lowest BCUT2D eigenvalue weighted by molar-refractivity contribution is 0.669. The van der Waals surface area contributed by atoms with Crippen LogP contribution in [0.25, 0.3) is 100 Å². The van der Waals surface area contributed by atoms with Crippen LogP contribution < -0.4 is 0 Å². The first-order chi connectivity index (χ1) is 33.7. The second-order valence-corrected chi connectivity index (χ2v) is 17.7. The molecule has 0 aliphatic heterocycles. The summed E-state index contributed by atoms with van der Waals surface area (Å²) >= 11 is 0. The van der Waals surface area contributed by atoms with Gasteiger partial charge in [-0.25, -0.2) is 9.97 Å². The lowest BCUT2D eigenvalue weighted by Gasteiger charge is -2.33. The second kappa shape index (κ2) is 16.2. The predicted molar refractivity (Wildman–Crippen MR) is 279 cm³/mol. The van der Waals surface area contributed by atoms with E-state index in [2.05, 4.69) is 224 Å². The van der Waals surface area contributed by atoms with Crippen LogP contribution in [-0.4, -0.2) is 9.97 Å². The summed E-state index contributed by atoms with van der Waals surface area (Å²) in [6.07, 6.45) is 0. The van der Waals surface area contributed by atoms with Crippen molar-refractivity contribution in [3.05, 3.63) is 277 Å². The molecule has 12 aromatic rings. The Kier molecular flexibility index (Phi) is 9.40. The molecule has 0 unspecified atom stereocenters. The summed E-state index contributed by atoms with van der Waals surface area (Å²) in [6.45, 7) is 0. The summed E-state index contributed by atoms with van der Waals surface area (Å²) in [5.41, 5.74) is 20.3. The highest BCUT2D eigenvalue weighted by molar-refractivity contribution is 6.06. The molecule has 3 nitrogen and oxygen atoms in total. The van der Waals surface area contributed by atoms with E-state index >= 15 is 0 Å². The van der Waals surface area contributed by atoms with Crippen LogP contribution in [0.2, 0.25) is 0 Å². The Labute approximate surface area is 395 Å². The first kappa shape index (κ1) is 39.4. The zero-order chi connectivity index (χ0) is 45.0. The van der Waals surface area contributed by atoms with Crippen LogP contribution >= 0.6 is 0 Å². The lowest BCUT2D eigenvalue weighted by atomic mass is 9.67. The summed E-state index contributed by atoms with van der Waals surface area (Å²) in [4.78, 5) is 10.6. The molecule has 0 saturated heterocycles. The Hall–Kier alpha value is -8.92. The summed E-state index contributed by atoms with van der Waals surface area (Å²) in [5, 5.41) is 2.22. The normalized spacial score (nSPS) is 12.5. The highest BCUT2D eigenvalue weighted by atomic mass is 16.3. The minimum absolute atomic E-state index is 0.465. The van der Waals surface area contributed by atoms with E-state index in [4.69, 9.17) is 14.4 Å². The van der Waals surface area contributed by atoms with Crippen molar-refractivity contribution in [2.24, 2.45) is 0 Å². The second-order valence-electron chi connectivity index (χ2n) is 17.7. The average Bonchev–Trinajstić information content (AvgIpc) is 3.95. The van der Waals surface area contributed by atoms with E-state index in [0.29, 0.717) is 5.82 Å².